The minimum atomic E-state index is -4.25. The molecule has 0 radical (unpaired) electrons. The number of sulfonamides is 1. The van der Waals surface area contributed by atoms with E-state index in [1.165, 1.54) is 17.8 Å². The highest BCUT2D eigenvalue weighted by Gasteiger charge is 2.34. The van der Waals surface area contributed by atoms with Crippen molar-refractivity contribution in [3.8, 4) is 5.88 Å². The van der Waals surface area contributed by atoms with Gasteiger partial charge in [-0.3, -0.25) is 4.68 Å². The minimum Gasteiger partial charge on any atom is -0.476 e. The Morgan fingerprint density at radius 2 is 1.91 bits per heavy atom. The summed E-state index contributed by atoms with van der Waals surface area (Å²) in [5.74, 6) is -0.0646. The second-order valence-electron chi connectivity index (χ2n) is 9.90. The van der Waals surface area contributed by atoms with E-state index in [1.807, 2.05) is 46.3 Å². The number of rotatable bonds is 7. The van der Waals surface area contributed by atoms with E-state index in [9.17, 15) is 17.6 Å². The molecule has 184 valence electrons. The summed E-state index contributed by atoms with van der Waals surface area (Å²) in [6.45, 7) is 13.9. The van der Waals surface area contributed by atoms with Crippen molar-refractivity contribution >= 4 is 21.7 Å². The van der Waals surface area contributed by atoms with Crippen molar-refractivity contribution in [2.75, 3.05) is 11.9 Å². The molecule has 0 bridgehead atoms. The molecule has 1 unspecified atom stereocenters. The molecule has 33 heavy (non-hydrogen) atoms. The summed E-state index contributed by atoms with van der Waals surface area (Å²) in [4.78, 5) is 12.6. The average Bonchev–Trinajstić information content (AvgIpc) is 3.21. The van der Waals surface area contributed by atoms with Crippen molar-refractivity contribution in [1.82, 2.24) is 24.3 Å². The average molecular weight is 485 g/mol. The number of hydrogen-bond acceptors (Lipinski definition) is 6. The molecule has 3 heterocycles. The Hall–Kier alpha value is -2.63. The van der Waals surface area contributed by atoms with Crippen molar-refractivity contribution in [2.45, 2.75) is 84.5 Å². The molecule has 0 aliphatic carbocycles. The van der Waals surface area contributed by atoms with Gasteiger partial charge < -0.3 is 10.1 Å². The van der Waals surface area contributed by atoms with Crippen LogP contribution < -0.4 is 14.8 Å². The Morgan fingerprint density at radius 3 is 2.48 bits per heavy atom. The van der Waals surface area contributed by atoms with Crippen molar-refractivity contribution in [3.63, 3.8) is 0 Å². The lowest BCUT2D eigenvalue weighted by molar-refractivity contribution is 0.0970. The fourth-order valence-corrected chi connectivity index (χ4v) is 4.81. The molecule has 2 amide bonds. The number of carbonyl (C=O) groups is 1. The van der Waals surface area contributed by atoms with Crippen LogP contribution in [0.25, 0.3) is 0 Å². The first kappa shape index (κ1) is 25.0. The summed E-state index contributed by atoms with van der Waals surface area (Å²) in [6, 6.07) is -0.942. The van der Waals surface area contributed by atoms with E-state index in [2.05, 4.69) is 15.5 Å². The number of aromatic nitrogens is 4. The number of urea groups is 1. The predicted octanol–water partition coefficient (Wildman–Crippen LogP) is 3.61. The number of amides is 2. The summed E-state index contributed by atoms with van der Waals surface area (Å²) in [6.07, 6.45) is 0.0366. The fraction of sp³-hybridized carbons (Fsp3) is 0.667. The van der Waals surface area contributed by atoms with E-state index >= 15 is 0 Å². The molecule has 1 aliphatic rings. The molecule has 0 fully saturated rings. The molecule has 1 aliphatic heterocycles. The number of ether oxygens (including phenoxy) is 1. The Balaban J connectivity index is 1.88. The molecular formula is C21H33FN6O4S. The molecule has 0 spiro atoms. The lowest BCUT2D eigenvalue weighted by atomic mass is 9.94. The zero-order chi connectivity index (χ0) is 24.7. The molecule has 0 aromatic carbocycles. The third-order valence-corrected chi connectivity index (χ3v) is 6.54. The highest BCUT2D eigenvalue weighted by Crippen LogP contribution is 2.34. The van der Waals surface area contributed by atoms with E-state index in [4.69, 9.17) is 4.74 Å². The number of carbonyl (C=O) groups excluding carboxylic acids is 1. The van der Waals surface area contributed by atoms with Gasteiger partial charge in [0.1, 0.15) is 6.17 Å². The Morgan fingerprint density at radius 1 is 1.24 bits per heavy atom. The van der Waals surface area contributed by atoms with Gasteiger partial charge in [0.25, 0.3) is 10.0 Å². The van der Waals surface area contributed by atoms with E-state index < -0.39 is 22.2 Å². The third-order valence-electron chi connectivity index (χ3n) is 5.23. The van der Waals surface area contributed by atoms with Gasteiger partial charge in [0.05, 0.1) is 43.0 Å². The van der Waals surface area contributed by atoms with Crippen LogP contribution in [0, 0.1) is 5.41 Å². The van der Waals surface area contributed by atoms with Gasteiger partial charge in [0.2, 0.25) is 5.88 Å². The number of hydrogen-bond donors (Lipinski definition) is 2. The SMILES string of the molecule is CC(F)Cn1nc(C(C)C)c(NC(=O)NS(=O)(=O)c2cnn3c2OCC(C)(C)C3)c1C(C)C. The lowest BCUT2D eigenvalue weighted by Crippen LogP contribution is -2.36. The fourth-order valence-electron chi connectivity index (χ4n) is 3.82. The number of anilines is 1. The van der Waals surface area contributed by atoms with E-state index in [0.717, 1.165) is 0 Å². The maximum absolute atomic E-state index is 13.7. The number of alkyl halides is 1. The van der Waals surface area contributed by atoms with Crippen molar-refractivity contribution in [3.05, 3.63) is 17.6 Å². The highest BCUT2D eigenvalue weighted by molar-refractivity contribution is 7.90. The van der Waals surface area contributed by atoms with Gasteiger partial charge in [-0.15, -0.1) is 0 Å². The number of nitrogens with zero attached hydrogens (tertiary/aromatic N) is 4. The van der Waals surface area contributed by atoms with Gasteiger partial charge >= 0.3 is 6.03 Å². The molecule has 1 atom stereocenters. The zero-order valence-corrected chi connectivity index (χ0v) is 21.0. The van der Waals surface area contributed by atoms with Gasteiger partial charge in [-0.05, 0) is 18.8 Å². The van der Waals surface area contributed by atoms with Crippen LogP contribution in [0.3, 0.4) is 0 Å². The summed E-state index contributed by atoms with van der Waals surface area (Å²) in [5, 5.41) is 11.2. The van der Waals surface area contributed by atoms with Crippen LogP contribution in [-0.2, 0) is 23.1 Å². The van der Waals surface area contributed by atoms with E-state index in [1.54, 1.807) is 4.68 Å². The monoisotopic (exact) mass is 484 g/mol. The van der Waals surface area contributed by atoms with Crippen molar-refractivity contribution in [2.24, 2.45) is 5.41 Å². The number of nitrogens with one attached hydrogen (secondary N) is 2. The van der Waals surface area contributed by atoms with Crippen LogP contribution in [0.5, 0.6) is 5.88 Å². The molecule has 2 N–H and O–H groups in total. The largest absolute Gasteiger partial charge is 0.476 e. The summed E-state index contributed by atoms with van der Waals surface area (Å²) in [5.41, 5.74) is 1.38. The highest BCUT2D eigenvalue weighted by atomic mass is 32.2. The summed E-state index contributed by atoms with van der Waals surface area (Å²) < 4.78 is 50.3. The van der Waals surface area contributed by atoms with Crippen LogP contribution in [0.4, 0.5) is 14.9 Å². The maximum Gasteiger partial charge on any atom is 0.333 e. The lowest BCUT2D eigenvalue weighted by Gasteiger charge is -2.30. The van der Waals surface area contributed by atoms with E-state index in [0.29, 0.717) is 30.2 Å². The Labute approximate surface area is 193 Å². The molecular weight excluding hydrogens is 451 g/mol. The van der Waals surface area contributed by atoms with Crippen LogP contribution in [0.1, 0.15) is 71.7 Å². The van der Waals surface area contributed by atoms with Crippen LogP contribution in [0.2, 0.25) is 0 Å². The summed E-state index contributed by atoms with van der Waals surface area (Å²) in [7, 11) is -4.25. The quantitative estimate of drug-likeness (QED) is 0.619. The smallest absolute Gasteiger partial charge is 0.333 e. The first-order chi connectivity index (χ1) is 15.2. The van der Waals surface area contributed by atoms with Gasteiger partial charge in [0, 0.05) is 5.41 Å². The van der Waals surface area contributed by atoms with Crippen molar-refractivity contribution in [1.29, 1.82) is 0 Å². The number of halogens is 1. The van der Waals surface area contributed by atoms with Crippen LogP contribution in [-0.4, -0.2) is 46.8 Å². The van der Waals surface area contributed by atoms with Crippen LogP contribution >= 0.6 is 0 Å². The molecule has 2 aromatic rings. The predicted molar refractivity (Wildman–Crippen MR) is 122 cm³/mol. The van der Waals surface area contributed by atoms with Gasteiger partial charge in [-0.1, -0.05) is 41.5 Å². The topological polar surface area (TPSA) is 120 Å². The molecule has 2 aromatic heterocycles. The van der Waals surface area contributed by atoms with Gasteiger partial charge in [-0.25, -0.2) is 27.0 Å². The molecule has 12 heteroatoms. The van der Waals surface area contributed by atoms with Gasteiger partial charge in [0.15, 0.2) is 4.90 Å². The maximum atomic E-state index is 13.7. The first-order valence-corrected chi connectivity index (χ1v) is 12.5. The second kappa shape index (κ2) is 8.96. The Kier molecular flexibility index (Phi) is 6.79. The summed E-state index contributed by atoms with van der Waals surface area (Å²) >= 11 is 0. The molecule has 0 saturated heterocycles. The zero-order valence-electron chi connectivity index (χ0n) is 20.1. The standard InChI is InChI=1S/C21H33FN6O4S/c1-12(2)16-17(18(13(3)4)27(25-16)9-14(5)22)24-20(29)26-33(30,31)15-8-23-28-10-21(6,7)11-32-19(15)28/h8,12-14H,9-11H2,1-7H3,(H2,24,26,29). The Bertz CT molecular complexity index is 1130. The van der Waals surface area contributed by atoms with Crippen molar-refractivity contribution < 1.29 is 22.3 Å². The molecule has 10 nitrogen and oxygen atoms in total. The second-order valence-corrected chi connectivity index (χ2v) is 11.6. The van der Waals surface area contributed by atoms with E-state index in [-0.39, 0.29) is 34.6 Å². The minimum absolute atomic E-state index is 0.0328. The first-order valence-electron chi connectivity index (χ1n) is 11.0. The van der Waals surface area contributed by atoms with Gasteiger partial charge in [-0.2, -0.15) is 10.2 Å². The third kappa shape index (κ3) is 5.31. The molecule has 3 rings (SSSR count). The van der Waals surface area contributed by atoms with Crippen LogP contribution in [0.15, 0.2) is 11.1 Å². The number of fused-ring (bicyclic) bond motifs is 1. The normalized spacial score (nSPS) is 16.4. The molecule has 0 saturated carbocycles.